The lowest BCUT2D eigenvalue weighted by Crippen LogP contribution is -2.46. The molecule has 794 valence electrons. The molecule has 0 fully saturated rings. The minimum atomic E-state index is -4.86. The first kappa shape index (κ1) is 112. The van der Waals surface area contributed by atoms with Crippen LogP contribution in [0.4, 0.5) is 43.4 Å². The number of aryl methyl sites for hydroxylation is 4. The van der Waals surface area contributed by atoms with E-state index < -0.39 is 70.6 Å². The Hall–Kier alpha value is -14.8. The fourth-order valence-electron chi connectivity index (χ4n) is 18.4. The van der Waals surface area contributed by atoms with E-state index in [1.165, 1.54) is 84.4 Å². The van der Waals surface area contributed by atoms with Gasteiger partial charge in [0, 0.05) is 117 Å². The van der Waals surface area contributed by atoms with Crippen LogP contribution in [0.5, 0.6) is 11.5 Å². The predicted octanol–water partition coefficient (Wildman–Crippen LogP) is 19.2. The van der Waals surface area contributed by atoms with Crippen molar-refractivity contribution in [2.75, 3.05) is 82.1 Å². The number of ether oxygens (including phenoxy) is 1. The molecule has 7 N–H and O–H groups in total. The Morgan fingerprint density at radius 3 is 1.03 bits per heavy atom. The van der Waals surface area contributed by atoms with Gasteiger partial charge in [0.15, 0.2) is 22.8 Å². The molecule has 8 aromatic carbocycles. The Labute approximate surface area is 872 Å². The highest BCUT2D eigenvalue weighted by atomic mass is 32.2. The summed E-state index contributed by atoms with van der Waals surface area (Å²) in [6.07, 6.45) is 8.32. The minimum Gasteiger partial charge on any atom is -0.507 e. The van der Waals surface area contributed by atoms with E-state index in [2.05, 4.69) is 72.8 Å². The zero-order chi connectivity index (χ0) is 108. The third-order valence-corrected chi connectivity index (χ3v) is 27.4. The Balaban J connectivity index is 0.000000187. The number of rotatable bonds is 38. The Kier molecular flexibility index (Phi) is 38.6. The number of hydrogen-bond acceptors (Lipinski definition) is 19. The standard InChI is InChI=1S/C38H42F3N5O4S.C38H45N5O6.C36H42F3N7O4/c1-4-6-18-44(19-7-5-2)37(50)33-20-25(3)46(43-33)34-17-14-29(42-35(48)26-12-15-31(16-13-26)51-38(39,40)41)22-32(34)36(49)45-23-28-11-9-8-10-27(28)21-30(45)24-47;1-5-7-17-41(18-8-6-2)38(48)33-19-25(3)43(40-33)34-15-13-28(39-36(46)32-22-30(49-4)14-16-35(32)45)21-31(34)37(47)42-23-27-12-10-9-11-26(27)20-29(42)24-44;1-5-7-15-44(16-8-6-2)35(50)30-17-23(3)46(41-30)31-14-13-26(40-33(48)29-21-43(4)42-32(29)36(37,38)39)19-28(31)34(49)45-20-25-12-10-9-11-24(25)18-27(45)22-47/h8-17,20,22,30,47H,4-7,18-19,21,23-24H2,1-3H3,(H,42,48);9-16,19,21-22,29,44-45H,5-8,17-18,20,23-24H2,1-4H3,(H,39,46);9-14,17,19,21,27,47H,5-8,15-16,18,20,22H2,1-4H3,(H,40,48)/t30-;29-;27-/m000/s1. The van der Waals surface area contributed by atoms with Gasteiger partial charge in [-0.25, -0.2) is 14.0 Å². The summed E-state index contributed by atoms with van der Waals surface area (Å²) in [5.74, 6) is -3.88. The number of benzene rings is 8. The molecule has 15 rings (SSSR count). The van der Waals surface area contributed by atoms with Crippen molar-refractivity contribution < 1.29 is 94.7 Å². The molecule has 12 aromatic rings. The number of aliphatic hydroxyl groups excluding tert-OH is 3. The lowest BCUT2D eigenvalue weighted by atomic mass is 9.93. The van der Waals surface area contributed by atoms with Gasteiger partial charge in [-0.2, -0.15) is 46.7 Å². The number of hydrogen-bond donors (Lipinski definition) is 7. The van der Waals surface area contributed by atoms with Crippen LogP contribution in [0.15, 0.2) is 199 Å². The molecule has 31 nitrogen and oxygen atoms in total. The van der Waals surface area contributed by atoms with Crippen molar-refractivity contribution >= 4 is 82.0 Å². The molecule has 4 aromatic heterocycles. The highest BCUT2D eigenvalue weighted by Crippen LogP contribution is 2.40. The van der Waals surface area contributed by atoms with Gasteiger partial charge in [0.2, 0.25) is 0 Å². The monoisotopic (exact) mass is 2080 g/mol. The van der Waals surface area contributed by atoms with Crippen LogP contribution in [-0.4, -0.2) is 232 Å². The number of unbranched alkanes of at least 4 members (excludes halogenated alkanes) is 6. The summed E-state index contributed by atoms with van der Waals surface area (Å²) in [5.41, 5.74) is 4.47. The first-order valence-electron chi connectivity index (χ1n) is 50.7. The first-order chi connectivity index (χ1) is 71.9. The molecule has 9 amide bonds. The number of nitrogens with zero attached hydrogens (tertiary/aromatic N) is 14. The van der Waals surface area contributed by atoms with Crippen molar-refractivity contribution in [2.45, 2.75) is 213 Å². The highest BCUT2D eigenvalue weighted by molar-refractivity contribution is 8.00. The number of nitrogens with one attached hydrogen (secondary N) is 3. The maximum atomic E-state index is 14.5. The number of phenolic OH excluding ortho intramolecular Hbond substituents is 1. The minimum absolute atomic E-state index is 0.00561. The predicted molar refractivity (Wildman–Crippen MR) is 560 cm³/mol. The average Bonchev–Trinajstić information content (AvgIpc) is 1.41. The maximum Gasteiger partial charge on any atom is 0.446 e. The van der Waals surface area contributed by atoms with Crippen LogP contribution in [0.25, 0.3) is 17.1 Å². The Bertz CT molecular complexity index is 6790. The maximum absolute atomic E-state index is 14.5. The topological polar surface area (TPSA) is 371 Å². The Morgan fingerprint density at radius 2 is 0.720 bits per heavy atom. The number of fused-ring (bicyclic) bond motifs is 3. The van der Waals surface area contributed by atoms with E-state index in [1.807, 2.05) is 89.5 Å². The number of halogens is 6. The second kappa shape index (κ2) is 51.4. The summed E-state index contributed by atoms with van der Waals surface area (Å²) in [6.45, 7) is 21.4. The second-order valence-electron chi connectivity index (χ2n) is 37.5. The number of aromatic hydroxyl groups is 1. The Morgan fingerprint density at radius 1 is 0.400 bits per heavy atom. The second-order valence-corrected chi connectivity index (χ2v) is 38.7. The largest absolute Gasteiger partial charge is 0.507 e. The van der Waals surface area contributed by atoms with Crippen molar-refractivity contribution in [3.63, 3.8) is 0 Å². The molecule has 0 radical (unpaired) electrons. The van der Waals surface area contributed by atoms with E-state index in [4.69, 9.17) is 9.84 Å². The normalized spacial score (nSPS) is 14.2. The van der Waals surface area contributed by atoms with E-state index in [1.54, 1.807) is 92.5 Å². The molecule has 3 aliphatic heterocycles. The molecule has 3 atom stereocenters. The van der Waals surface area contributed by atoms with E-state index >= 15 is 0 Å². The number of phenols is 1. The number of carbonyl (C=O) groups is 9. The molecule has 7 heterocycles. The number of anilines is 3. The van der Waals surface area contributed by atoms with Crippen LogP contribution in [0.2, 0.25) is 0 Å². The van der Waals surface area contributed by atoms with Crippen molar-refractivity contribution in [3.05, 3.63) is 301 Å². The van der Waals surface area contributed by atoms with Gasteiger partial charge < -0.3 is 70.5 Å². The number of aliphatic hydroxyl groups is 3. The zero-order valence-corrected chi connectivity index (χ0v) is 86.9. The third-order valence-electron chi connectivity index (χ3n) is 26.6. The molecule has 150 heavy (non-hydrogen) atoms. The van der Waals surface area contributed by atoms with Gasteiger partial charge in [-0.1, -0.05) is 153 Å². The van der Waals surface area contributed by atoms with Gasteiger partial charge in [-0.15, -0.1) is 0 Å². The molecular formula is C112H129F6N17O14S. The molecule has 3 aliphatic rings. The fourth-order valence-corrected chi connectivity index (χ4v) is 19.0. The van der Waals surface area contributed by atoms with Crippen LogP contribution in [0.1, 0.15) is 268 Å². The number of alkyl halides is 6. The molecule has 0 spiro atoms. The molecule has 0 saturated heterocycles. The van der Waals surface area contributed by atoms with E-state index in [0.29, 0.717) is 111 Å². The molecule has 0 saturated carbocycles. The molecule has 0 bridgehead atoms. The van der Waals surface area contributed by atoms with Gasteiger partial charge in [-0.3, -0.25) is 47.8 Å². The highest BCUT2D eigenvalue weighted by Gasteiger charge is 2.42. The van der Waals surface area contributed by atoms with Crippen LogP contribution < -0.4 is 20.7 Å². The van der Waals surface area contributed by atoms with Gasteiger partial charge in [0.1, 0.15) is 11.5 Å². The number of thioether (sulfide) groups is 1. The summed E-state index contributed by atoms with van der Waals surface area (Å²) in [6, 6.07) is 50.2. The molecular weight excluding hydrogens is 1950 g/mol. The van der Waals surface area contributed by atoms with Crippen LogP contribution >= 0.6 is 11.8 Å². The smallest absolute Gasteiger partial charge is 0.446 e. The molecule has 0 aliphatic carbocycles. The van der Waals surface area contributed by atoms with Crippen molar-refractivity contribution in [1.29, 1.82) is 0 Å². The zero-order valence-electron chi connectivity index (χ0n) is 86.1. The molecule has 0 unspecified atom stereocenters. The van der Waals surface area contributed by atoms with E-state index in [0.717, 1.165) is 121 Å². The summed E-state index contributed by atoms with van der Waals surface area (Å²) in [4.78, 5) is 134. The lowest BCUT2D eigenvalue weighted by molar-refractivity contribution is -0.141. The SMILES string of the molecule is CCCCN(CCCC)C(=O)c1cc(C)n(-c2ccc(NC(=O)c3cc(OC)ccc3O)cc2C(=O)N2Cc3ccccc3C[C@H]2CO)n1.CCCCN(CCCC)C(=O)c1cc(C)n(-c2ccc(NC(=O)c3ccc(SC(F)(F)F)cc3)cc2C(=O)N2Cc3ccccc3C[C@H]2CO)n1.CCCCN(CCCC)C(=O)c1cc(C)n(-c2ccc(NC(=O)c3cn(C)nc3C(F)(F)F)cc2C(=O)N2Cc3ccccc3C[C@H]2CO)n1. The van der Waals surface area contributed by atoms with Crippen LogP contribution in [0, 0.1) is 20.8 Å². The lowest BCUT2D eigenvalue weighted by Gasteiger charge is -2.36. The third kappa shape index (κ3) is 27.5. The van der Waals surface area contributed by atoms with E-state index in [9.17, 15) is 89.9 Å². The molecule has 38 heteroatoms. The fraction of sp³-hybridized carbons (Fsp3) is 0.384. The number of methoxy groups -OCH3 is 1. The number of carbonyl (C=O) groups excluding carboxylic acids is 9. The van der Waals surface area contributed by atoms with Crippen LogP contribution in [-0.2, 0) is 52.1 Å². The van der Waals surface area contributed by atoms with Crippen molar-refractivity contribution in [1.82, 2.24) is 68.5 Å². The van der Waals surface area contributed by atoms with Crippen molar-refractivity contribution in [3.8, 4) is 28.6 Å². The summed E-state index contributed by atoms with van der Waals surface area (Å²) in [5, 5.41) is 67.0. The summed E-state index contributed by atoms with van der Waals surface area (Å²) in [7, 11) is 2.75. The summed E-state index contributed by atoms with van der Waals surface area (Å²) < 4.78 is 90.1. The first-order valence-corrected chi connectivity index (χ1v) is 51.5. The average molecular weight is 2080 g/mol. The van der Waals surface area contributed by atoms with Crippen molar-refractivity contribution in [2.24, 2.45) is 7.05 Å². The van der Waals surface area contributed by atoms with E-state index in [-0.39, 0.29) is 135 Å². The summed E-state index contributed by atoms with van der Waals surface area (Å²) >= 11 is -0.270. The van der Waals surface area contributed by atoms with Gasteiger partial charge >= 0.3 is 11.7 Å². The van der Waals surface area contributed by atoms with Gasteiger partial charge in [-0.05, 0) is 239 Å². The van der Waals surface area contributed by atoms with Gasteiger partial charge in [0.05, 0.1) is 89.9 Å². The quantitative estimate of drug-likeness (QED) is 0.0140. The van der Waals surface area contributed by atoms with Crippen LogP contribution in [0.3, 0.4) is 0 Å². The number of amides is 9. The van der Waals surface area contributed by atoms with Gasteiger partial charge in [0.25, 0.3) is 53.2 Å². The number of aromatic nitrogens is 8.